The quantitative estimate of drug-likeness (QED) is 0.231. The molecule has 1 saturated heterocycles. The number of thiazole rings is 1. The maximum Gasteiger partial charge on any atom is 0.305 e. The zero-order chi connectivity index (χ0) is 33.5. The highest BCUT2D eigenvalue weighted by Crippen LogP contribution is 2.68. The van der Waals surface area contributed by atoms with E-state index in [-0.39, 0.29) is 57.1 Å². The Hall–Kier alpha value is -3.76. The lowest BCUT2D eigenvalue weighted by Gasteiger charge is -2.43. The Morgan fingerprint density at radius 3 is 2.42 bits per heavy atom. The number of rotatable bonds is 7. The standard InChI is InChI=1S/C33H27BrN4O7S3/c34-16-4-8-18(9-5-16)38-31(40)26-21-13-22(27(26)32(38)41)28-25(21)24(29-30(46-28)37-33(42)47-29)15-2-1-3-19(12-15)45-14-23(39)36-17-6-10-20(11-7-17)48(35,43)44/h1-12,21-22,24-28H,13-14H2,(H,36,39)(H,37,42)(H2,35,43,44)/t21?,22?,24-,25?,26?,27?,28?/m1/s1. The van der Waals surface area contributed by atoms with Crippen LogP contribution in [0.2, 0.25) is 0 Å². The van der Waals surface area contributed by atoms with E-state index in [9.17, 15) is 27.6 Å². The molecule has 0 spiro atoms. The van der Waals surface area contributed by atoms with Gasteiger partial charge in [-0.15, -0.1) is 11.8 Å². The summed E-state index contributed by atoms with van der Waals surface area (Å²) in [4.78, 5) is 58.2. The van der Waals surface area contributed by atoms with Gasteiger partial charge in [0, 0.05) is 26.2 Å². The minimum Gasteiger partial charge on any atom is -0.484 e. The van der Waals surface area contributed by atoms with Crippen LogP contribution in [0.4, 0.5) is 11.4 Å². The molecule has 7 atom stereocenters. The maximum atomic E-state index is 14.0. The zero-order valence-electron chi connectivity index (χ0n) is 24.9. The number of carbonyl (C=O) groups excluding carboxylic acids is 3. The minimum atomic E-state index is -3.85. The summed E-state index contributed by atoms with van der Waals surface area (Å²) >= 11 is 6.22. The van der Waals surface area contributed by atoms with Crippen LogP contribution in [0.25, 0.3) is 0 Å². The van der Waals surface area contributed by atoms with Crippen LogP contribution in [0, 0.1) is 29.6 Å². The average molecular weight is 768 g/mol. The third-order valence-corrected chi connectivity index (χ3v) is 13.9. The van der Waals surface area contributed by atoms with E-state index in [0.29, 0.717) is 17.1 Å². The van der Waals surface area contributed by atoms with E-state index in [1.54, 1.807) is 30.0 Å². The van der Waals surface area contributed by atoms with E-state index >= 15 is 0 Å². The van der Waals surface area contributed by atoms with Crippen LogP contribution in [-0.2, 0) is 24.4 Å². The molecule has 3 amide bonds. The first-order valence-electron chi connectivity index (χ1n) is 15.2. The van der Waals surface area contributed by atoms with Crippen molar-refractivity contribution in [2.75, 3.05) is 16.8 Å². The summed E-state index contributed by atoms with van der Waals surface area (Å²) in [7, 11) is -3.85. The molecule has 2 aliphatic carbocycles. The van der Waals surface area contributed by atoms with Gasteiger partial charge in [-0.05, 0) is 90.4 Å². The van der Waals surface area contributed by atoms with Gasteiger partial charge >= 0.3 is 4.87 Å². The van der Waals surface area contributed by atoms with Crippen LogP contribution in [0.3, 0.4) is 0 Å². The van der Waals surface area contributed by atoms with Crippen molar-refractivity contribution >= 4 is 78.1 Å². The smallest absolute Gasteiger partial charge is 0.305 e. The van der Waals surface area contributed by atoms with E-state index in [0.717, 1.165) is 26.4 Å². The fourth-order valence-electron chi connectivity index (χ4n) is 8.11. The molecule has 3 fully saturated rings. The average Bonchev–Trinajstić information content (AvgIpc) is 3.79. The summed E-state index contributed by atoms with van der Waals surface area (Å²) in [5.41, 5.74) is 1.87. The number of anilines is 2. The topological polar surface area (TPSA) is 169 Å². The Bertz CT molecular complexity index is 2150. The first-order chi connectivity index (χ1) is 23.0. The number of hydrogen-bond acceptors (Lipinski definition) is 9. The molecule has 4 aliphatic rings. The summed E-state index contributed by atoms with van der Waals surface area (Å²) in [6.07, 6.45) is 0.771. The molecule has 0 radical (unpaired) electrons. The van der Waals surface area contributed by atoms with Crippen molar-refractivity contribution in [1.82, 2.24) is 4.98 Å². The van der Waals surface area contributed by atoms with Gasteiger partial charge in [-0.1, -0.05) is 39.4 Å². The van der Waals surface area contributed by atoms with E-state index in [1.165, 1.54) is 40.5 Å². The molecule has 6 unspecified atom stereocenters. The van der Waals surface area contributed by atoms with Crippen molar-refractivity contribution in [2.45, 2.75) is 27.5 Å². The predicted octanol–water partition coefficient (Wildman–Crippen LogP) is 4.54. The Kier molecular flexibility index (Phi) is 7.67. The largest absolute Gasteiger partial charge is 0.484 e. The number of carbonyl (C=O) groups is 3. The molecule has 11 nitrogen and oxygen atoms in total. The van der Waals surface area contributed by atoms with Crippen LogP contribution < -0.4 is 25.0 Å². The van der Waals surface area contributed by atoms with E-state index < -0.39 is 27.8 Å². The van der Waals surface area contributed by atoms with Crippen molar-refractivity contribution in [3.05, 3.63) is 97.4 Å². The lowest BCUT2D eigenvalue weighted by Crippen LogP contribution is -2.42. The third kappa shape index (κ3) is 5.23. The number of sulfonamides is 1. The van der Waals surface area contributed by atoms with Gasteiger partial charge in [0.2, 0.25) is 21.8 Å². The number of nitrogens with zero attached hydrogens (tertiary/aromatic N) is 1. The SMILES string of the molecule is NS(=O)(=O)c1ccc(NC(=O)COc2cccc([C@H]3c4sc(=O)[nH]c4SC4C5CC(C6C(=O)N(c7ccc(Br)cc7)C(=O)C56)C43)c2)cc1. The van der Waals surface area contributed by atoms with Crippen LogP contribution in [-0.4, -0.2) is 43.0 Å². The molecule has 2 aliphatic heterocycles. The summed E-state index contributed by atoms with van der Waals surface area (Å²) in [5, 5.41) is 8.66. The van der Waals surface area contributed by atoms with Gasteiger partial charge in [-0.2, -0.15) is 0 Å². The second kappa shape index (κ2) is 11.7. The van der Waals surface area contributed by atoms with Gasteiger partial charge in [-0.3, -0.25) is 24.1 Å². The molecule has 246 valence electrons. The molecule has 48 heavy (non-hydrogen) atoms. The van der Waals surface area contributed by atoms with E-state index in [4.69, 9.17) is 9.88 Å². The molecule has 2 bridgehead atoms. The molecule has 2 saturated carbocycles. The lowest BCUT2D eigenvalue weighted by atomic mass is 9.68. The number of amides is 3. The molecular weight excluding hydrogens is 740 g/mol. The number of thioether (sulfide) groups is 1. The monoisotopic (exact) mass is 766 g/mol. The van der Waals surface area contributed by atoms with Gasteiger partial charge < -0.3 is 15.0 Å². The van der Waals surface area contributed by atoms with Crippen molar-refractivity contribution in [1.29, 1.82) is 0 Å². The van der Waals surface area contributed by atoms with Crippen LogP contribution >= 0.6 is 39.0 Å². The second-order valence-electron chi connectivity index (χ2n) is 12.4. The number of benzene rings is 3. The highest BCUT2D eigenvalue weighted by molar-refractivity contribution is 9.10. The highest BCUT2D eigenvalue weighted by Gasteiger charge is 2.69. The summed E-state index contributed by atoms with van der Waals surface area (Å²) < 4.78 is 29.8. The predicted molar refractivity (Wildman–Crippen MR) is 184 cm³/mol. The fourth-order valence-corrected chi connectivity index (χ4v) is 11.8. The first kappa shape index (κ1) is 31.5. The number of halogens is 1. The van der Waals surface area contributed by atoms with Gasteiger partial charge in [0.25, 0.3) is 5.91 Å². The number of imide groups is 1. The van der Waals surface area contributed by atoms with Gasteiger partial charge in [-0.25, -0.2) is 13.6 Å². The summed E-state index contributed by atoms with van der Waals surface area (Å²) in [6.45, 7) is -0.299. The van der Waals surface area contributed by atoms with E-state index in [1.807, 2.05) is 30.3 Å². The number of nitrogens with two attached hydrogens (primary N) is 1. The lowest BCUT2D eigenvalue weighted by molar-refractivity contribution is -0.123. The molecule has 4 N–H and O–H groups in total. The number of nitrogens with one attached hydrogen (secondary N) is 2. The van der Waals surface area contributed by atoms with Gasteiger partial charge in [0.15, 0.2) is 6.61 Å². The molecule has 4 aromatic rings. The van der Waals surface area contributed by atoms with Crippen LogP contribution in [0.5, 0.6) is 5.75 Å². The number of H-pyrrole nitrogens is 1. The highest BCUT2D eigenvalue weighted by atomic mass is 79.9. The van der Waals surface area contributed by atoms with Crippen molar-refractivity contribution in [2.24, 2.45) is 34.7 Å². The minimum absolute atomic E-state index is 0.00638. The van der Waals surface area contributed by atoms with Gasteiger partial charge in [0.05, 0.1) is 27.4 Å². The summed E-state index contributed by atoms with van der Waals surface area (Å²) in [5.74, 6) is -1.33. The van der Waals surface area contributed by atoms with Crippen molar-refractivity contribution in [3.8, 4) is 5.75 Å². The van der Waals surface area contributed by atoms with E-state index in [2.05, 4.69) is 26.2 Å². The molecule has 15 heteroatoms. The number of fused-ring (bicyclic) bond motifs is 9. The molecule has 3 heterocycles. The number of aromatic amines is 1. The van der Waals surface area contributed by atoms with Crippen molar-refractivity contribution < 1.29 is 27.5 Å². The third-order valence-electron chi connectivity index (χ3n) is 9.86. The second-order valence-corrected chi connectivity index (χ2v) is 17.1. The summed E-state index contributed by atoms with van der Waals surface area (Å²) in [6, 6.07) is 20.2. The first-order valence-corrected chi connectivity index (χ1v) is 19.2. The number of aromatic nitrogens is 1. The normalized spacial score (nSPS) is 27.0. The number of hydrogen-bond donors (Lipinski definition) is 3. The van der Waals surface area contributed by atoms with Crippen LogP contribution in [0.15, 0.2) is 92.0 Å². The van der Waals surface area contributed by atoms with Crippen molar-refractivity contribution in [3.63, 3.8) is 0 Å². The van der Waals surface area contributed by atoms with Crippen LogP contribution in [0.1, 0.15) is 22.8 Å². The molecule has 1 aromatic heterocycles. The Morgan fingerprint density at radius 2 is 1.71 bits per heavy atom. The maximum absolute atomic E-state index is 14.0. The molecule has 3 aromatic carbocycles. The fraction of sp³-hybridized carbons (Fsp3) is 0.273. The Morgan fingerprint density at radius 1 is 1.00 bits per heavy atom. The molecular formula is C33H27BrN4O7S3. The number of primary sulfonamides is 1. The Balaban J connectivity index is 1.05. The number of ether oxygens (including phenoxy) is 1. The zero-order valence-corrected chi connectivity index (χ0v) is 28.9. The van der Waals surface area contributed by atoms with Gasteiger partial charge in [0.1, 0.15) is 5.75 Å². The molecule has 8 rings (SSSR count). The Labute approximate surface area is 291 Å².